The predicted octanol–water partition coefficient (Wildman–Crippen LogP) is 3.59. The summed E-state index contributed by atoms with van der Waals surface area (Å²) >= 11 is 0. The first-order chi connectivity index (χ1) is 13.1. The second-order valence-electron chi connectivity index (χ2n) is 7.39. The standard InChI is InChI=1S/C22H25N3O2/c1-16-11-12-17-6-2-3-9-20(17)25(16)15-21(26)23-18-7-4-8-19(14-18)24-13-5-10-22(24)27/h2-4,6-9,14,16H,5,10-13,15H2,1H3,(H,23,26)/t16-/m1/s1. The van der Waals surface area contributed by atoms with Gasteiger partial charge in [-0.15, -0.1) is 0 Å². The van der Waals surface area contributed by atoms with Gasteiger partial charge in [-0.05, 0) is 56.0 Å². The minimum atomic E-state index is -0.0385. The molecule has 1 saturated heterocycles. The molecule has 1 N–H and O–H groups in total. The van der Waals surface area contributed by atoms with Gasteiger partial charge in [0.2, 0.25) is 11.8 Å². The Kier molecular flexibility index (Phi) is 4.84. The Hall–Kier alpha value is -2.82. The highest BCUT2D eigenvalue weighted by molar-refractivity contribution is 5.98. The highest BCUT2D eigenvalue weighted by Crippen LogP contribution is 2.30. The maximum atomic E-state index is 12.7. The molecule has 0 spiro atoms. The van der Waals surface area contributed by atoms with Crippen molar-refractivity contribution in [1.82, 2.24) is 0 Å². The van der Waals surface area contributed by atoms with Gasteiger partial charge < -0.3 is 15.1 Å². The number of benzene rings is 2. The Morgan fingerprint density at radius 3 is 2.81 bits per heavy atom. The van der Waals surface area contributed by atoms with E-state index < -0.39 is 0 Å². The number of anilines is 3. The fourth-order valence-electron chi connectivity index (χ4n) is 4.03. The number of nitrogens with zero attached hydrogens (tertiary/aromatic N) is 2. The Morgan fingerprint density at radius 1 is 1.15 bits per heavy atom. The normalized spacial score (nSPS) is 19.1. The quantitative estimate of drug-likeness (QED) is 0.903. The molecule has 1 fully saturated rings. The third-order valence-electron chi connectivity index (χ3n) is 5.49. The van der Waals surface area contributed by atoms with Crippen molar-refractivity contribution >= 4 is 28.9 Å². The van der Waals surface area contributed by atoms with Gasteiger partial charge in [-0.1, -0.05) is 24.3 Å². The zero-order chi connectivity index (χ0) is 18.8. The van der Waals surface area contributed by atoms with Crippen LogP contribution in [0.1, 0.15) is 31.7 Å². The lowest BCUT2D eigenvalue weighted by molar-refractivity contribution is -0.117. The first kappa shape index (κ1) is 17.6. The van der Waals surface area contributed by atoms with Crippen LogP contribution in [0.2, 0.25) is 0 Å². The Bertz CT molecular complexity index is 864. The number of aryl methyl sites for hydroxylation is 1. The molecule has 1 atom stereocenters. The van der Waals surface area contributed by atoms with Gasteiger partial charge in [0.05, 0.1) is 6.54 Å². The van der Waals surface area contributed by atoms with Gasteiger partial charge in [-0.25, -0.2) is 0 Å². The molecule has 27 heavy (non-hydrogen) atoms. The predicted molar refractivity (Wildman–Crippen MR) is 108 cm³/mol. The van der Waals surface area contributed by atoms with Crippen LogP contribution in [-0.4, -0.2) is 30.9 Å². The molecule has 0 saturated carbocycles. The van der Waals surface area contributed by atoms with Gasteiger partial charge in [0.1, 0.15) is 0 Å². The molecule has 0 radical (unpaired) electrons. The van der Waals surface area contributed by atoms with Crippen molar-refractivity contribution in [2.75, 3.05) is 28.2 Å². The Balaban J connectivity index is 1.46. The first-order valence-electron chi connectivity index (χ1n) is 9.66. The number of fused-ring (bicyclic) bond motifs is 1. The molecule has 0 bridgehead atoms. The minimum Gasteiger partial charge on any atom is -0.359 e. The molecule has 4 rings (SSSR count). The van der Waals surface area contributed by atoms with E-state index in [0.717, 1.165) is 42.9 Å². The number of nitrogens with one attached hydrogen (secondary N) is 1. The van der Waals surface area contributed by atoms with Crippen molar-refractivity contribution in [1.29, 1.82) is 0 Å². The summed E-state index contributed by atoms with van der Waals surface area (Å²) in [4.78, 5) is 28.6. The van der Waals surface area contributed by atoms with E-state index in [4.69, 9.17) is 0 Å². The van der Waals surface area contributed by atoms with Gasteiger partial charge in [-0.2, -0.15) is 0 Å². The molecular formula is C22H25N3O2. The number of para-hydroxylation sites is 1. The lowest BCUT2D eigenvalue weighted by atomic mass is 9.96. The van der Waals surface area contributed by atoms with Crippen LogP contribution in [-0.2, 0) is 16.0 Å². The molecule has 5 heteroatoms. The molecule has 2 amide bonds. The first-order valence-corrected chi connectivity index (χ1v) is 9.66. The summed E-state index contributed by atoms with van der Waals surface area (Å²) in [5.41, 5.74) is 4.04. The van der Waals surface area contributed by atoms with Crippen LogP contribution < -0.4 is 15.1 Å². The van der Waals surface area contributed by atoms with Crippen LogP contribution in [0, 0.1) is 0 Å². The van der Waals surface area contributed by atoms with Crippen LogP contribution >= 0.6 is 0 Å². The van der Waals surface area contributed by atoms with Crippen LogP contribution in [0.15, 0.2) is 48.5 Å². The zero-order valence-electron chi connectivity index (χ0n) is 15.6. The molecule has 2 heterocycles. The molecule has 2 aliphatic heterocycles. The van der Waals surface area contributed by atoms with E-state index in [9.17, 15) is 9.59 Å². The summed E-state index contributed by atoms with van der Waals surface area (Å²) in [7, 11) is 0. The van der Waals surface area contributed by atoms with Crippen molar-refractivity contribution < 1.29 is 9.59 Å². The summed E-state index contributed by atoms with van der Waals surface area (Å²) in [6, 6.07) is 16.2. The molecule has 0 unspecified atom stereocenters. The van der Waals surface area contributed by atoms with Gasteiger partial charge >= 0.3 is 0 Å². The van der Waals surface area contributed by atoms with E-state index in [-0.39, 0.29) is 11.8 Å². The number of hydrogen-bond acceptors (Lipinski definition) is 3. The highest BCUT2D eigenvalue weighted by atomic mass is 16.2. The summed E-state index contributed by atoms with van der Waals surface area (Å²) in [6.07, 6.45) is 3.60. The molecule has 0 aliphatic carbocycles. The van der Waals surface area contributed by atoms with Crippen LogP contribution in [0.3, 0.4) is 0 Å². The van der Waals surface area contributed by atoms with E-state index >= 15 is 0 Å². The number of carbonyl (C=O) groups excluding carboxylic acids is 2. The largest absolute Gasteiger partial charge is 0.359 e. The van der Waals surface area contributed by atoms with E-state index in [2.05, 4.69) is 35.3 Å². The maximum absolute atomic E-state index is 12.7. The van der Waals surface area contributed by atoms with Crippen molar-refractivity contribution in [3.63, 3.8) is 0 Å². The van der Waals surface area contributed by atoms with E-state index in [0.29, 0.717) is 19.0 Å². The van der Waals surface area contributed by atoms with Gasteiger partial charge in [0.25, 0.3) is 0 Å². The smallest absolute Gasteiger partial charge is 0.243 e. The number of rotatable bonds is 4. The number of hydrogen-bond donors (Lipinski definition) is 1. The SMILES string of the molecule is C[C@@H]1CCc2ccccc2N1CC(=O)Nc1cccc(N2CCCC2=O)c1. The topological polar surface area (TPSA) is 52.7 Å². The molecule has 5 nitrogen and oxygen atoms in total. The summed E-state index contributed by atoms with van der Waals surface area (Å²) < 4.78 is 0. The van der Waals surface area contributed by atoms with Gasteiger partial charge in [0, 0.05) is 36.1 Å². The lowest BCUT2D eigenvalue weighted by Crippen LogP contribution is -2.42. The van der Waals surface area contributed by atoms with Crippen molar-refractivity contribution in [3.05, 3.63) is 54.1 Å². The third-order valence-corrected chi connectivity index (χ3v) is 5.49. The number of amides is 2. The lowest BCUT2D eigenvalue weighted by Gasteiger charge is -2.36. The molecule has 140 valence electrons. The molecule has 0 aromatic heterocycles. The minimum absolute atomic E-state index is 0.0385. The van der Waals surface area contributed by atoms with Crippen LogP contribution in [0.25, 0.3) is 0 Å². The van der Waals surface area contributed by atoms with Gasteiger partial charge in [-0.3, -0.25) is 9.59 Å². The Morgan fingerprint density at radius 2 is 2.00 bits per heavy atom. The average Bonchev–Trinajstić information content (AvgIpc) is 3.10. The summed E-state index contributed by atoms with van der Waals surface area (Å²) in [5.74, 6) is 0.112. The van der Waals surface area contributed by atoms with E-state index in [1.165, 1.54) is 5.56 Å². The second kappa shape index (κ2) is 7.43. The van der Waals surface area contributed by atoms with Crippen molar-refractivity contribution in [3.8, 4) is 0 Å². The summed E-state index contributed by atoms with van der Waals surface area (Å²) in [5, 5.41) is 3.00. The fourth-order valence-corrected chi connectivity index (χ4v) is 4.03. The molecule has 2 aromatic carbocycles. The monoisotopic (exact) mass is 363 g/mol. The van der Waals surface area contributed by atoms with Gasteiger partial charge in [0.15, 0.2) is 0 Å². The van der Waals surface area contributed by atoms with E-state index in [1.54, 1.807) is 4.90 Å². The maximum Gasteiger partial charge on any atom is 0.243 e. The molecule has 2 aliphatic rings. The summed E-state index contributed by atoms with van der Waals surface area (Å²) in [6.45, 7) is 3.24. The third kappa shape index (κ3) is 3.68. The Labute approximate surface area is 160 Å². The second-order valence-corrected chi connectivity index (χ2v) is 7.39. The fraction of sp³-hybridized carbons (Fsp3) is 0.364. The van der Waals surface area contributed by atoms with Crippen molar-refractivity contribution in [2.45, 2.75) is 38.6 Å². The highest BCUT2D eigenvalue weighted by Gasteiger charge is 2.25. The van der Waals surface area contributed by atoms with Crippen molar-refractivity contribution in [2.24, 2.45) is 0 Å². The van der Waals surface area contributed by atoms with E-state index in [1.807, 2.05) is 30.3 Å². The molecular weight excluding hydrogens is 338 g/mol. The zero-order valence-corrected chi connectivity index (χ0v) is 15.6. The molecule has 2 aromatic rings. The van der Waals surface area contributed by atoms with Crippen LogP contribution in [0.4, 0.5) is 17.1 Å². The number of carbonyl (C=O) groups is 2. The average molecular weight is 363 g/mol. The van der Waals surface area contributed by atoms with Crippen LogP contribution in [0.5, 0.6) is 0 Å².